The number of halogens is 1. The number of ether oxygens (including phenoxy) is 1. The second kappa shape index (κ2) is 12.8. The number of hydrogen-bond acceptors (Lipinski definition) is 6. The summed E-state index contributed by atoms with van der Waals surface area (Å²) in [6, 6.07) is 11.2. The Morgan fingerprint density at radius 2 is 1.88 bits per heavy atom. The molecule has 0 aliphatic carbocycles. The van der Waals surface area contributed by atoms with E-state index in [0.717, 1.165) is 44.4 Å². The number of nitrogens with zero attached hydrogens (tertiary/aromatic N) is 4. The SMILES string of the molecule is CCNC(=NCCNS(=O)(=O)c1cccnc1)N1CCN(c2ccc(OC)cc2)CC1.I. The maximum atomic E-state index is 12.3. The highest BCUT2D eigenvalue weighted by Gasteiger charge is 2.20. The van der Waals surface area contributed by atoms with E-state index in [1.54, 1.807) is 19.4 Å². The van der Waals surface area contributed by atoms with Crippen molar-refractivity contribution in [3.8, 4) is 5.75 Å². The number of nitrogens with one attached hydrogen (secondary N) is 2. The normalized spacial score (nSPS) is 14.6. The third-order valence-corrected chi connectivity index (χ3v) is 6.41. The first-order chi connectivity index (χ1) is 15.0. The largest absolute Gasteiger partial charge is 0.497 e. The molecule has 2 aromatic rings. The zero-order chi connectivity index (χ0) is 22.1. The van der Waals surface area contributed by atoms with Crippen molar-refractivity contribution in [1.82, 2.24) is 19.9 Å². The van der Waals surface area contributed by atoms with Crippen LogP contribution in [0.1, 0.15) is 6.92 Å². The van der Waals surface area contributed by atoms with Crippen LogP contribution in [-0.4, -0.2) is 77.2 Å². The van der Waals surface area contributed by atoms with Gasteiger partial charge in [0.05, 0.1) is 13.7 Å². The molecule has 2 N–H and O–H groups in total. The van der Waals surface area contributed by atoms with Crippen LogP contribution in [0.15, 0.2) is 58.7 Å². The predicted octanol–water partition coefficient (Wildman–Crippen LogP) is 1.77. The lowest BCUT2D eigenvalue weighted by Gasteiger charge is -2.37. The van der Waals surface area contributed by atoms with E-state index in [9.17, 15) is 8.42 Å². The summed E-state index contributed by atoms with van der Waals surface area (Å²) in [4.78, 5) is 13.2. The Bertz CT molecular complexity index is 949. The van der Waals surface area contributed by atoms with Gasteiger partial charge in [-0.3, -0.25) is 9.98 Å². The Morgan fingerprint density at radius 3 is 2.47 bits per heavy atom. The number of sulfonamides is 1. The minimum absolute atomic E-state index is 0. The molecule has 1 aliphatic rings. The van der Waals surface area contributed by atoms with E-state index in [1.165, 1.54) is 18.0 Å². The van der Waals surface area contributed by atoms with Gasteiger partial charge in [-0.2, -0.15) is 0 Å². The standard InChI is InChI=1S/C21H30N6O3S.HI/c1-3-23-21(24-11-12-25-31(28,29)20-5-4-10-22-17-20)27-15-13-26(14-16-27)18-6-8-19(30-2)9-7-18;/h4-10,17,25H,3,11-16H2,1-2H3,(H,23,24);1H. The molecule has 0 amide bonds. The number of anilines is 1. The van der Waals surface area contributed by atoms with E-state index in [0.29, 0.717) is 6.54 Å². The molecule has 0 unspecified atom stereocenters. The number of methoxy groups -OCH3 is 1. The molecule has 2 heterocycles. The van der Waals surface area contributed by atoms with E-state index in [2.05, 4.69) is 41.9 Å². The number of guanidine groups is 1. The predicted molar refractivity (Wildman–Crippen MR) is 138 cm³/mol. The number of pyridine rings is 1. The van der Waals surface area contributed by atoms with Crippen molar-refractivity contribution in [2.45, 2.75) is 11.8 Å². The smallest absolute Gasteiger partial charge is 0.242 e. The molecule has 0 bridgehead atoms. The monoisotopic (exact) mass is 574 g/mol. The van der Waals surface area contributed by atoms with Crippen LogP contribution in [0.3, 0.4) is 0 Å². The zero-order valence-corrected chi connectivity index (χ0v) is 21.5. The number of aliphatic imine (C=N–C) groups is 1. The van der Waals surface area contributed by atoms with Crippen LogP contribution in [0.2, 0.25) is 0 Å². The van der Waals surface area contributed by atoms with Gasteiger partial charge in [0.25, 0.3) is 0 Å². The zero-order valence-electron chi connectivity index (χ0n) is 18.4. The minimum Gasteiger partial charge on any atom is -0.497 e. The van der Waals surface area contributed by atoms with Gasteiger partial charge in [-0.25, -0.2) is 13.1 Å². The molecule has 1 aromatic carbocycles. The number of hydrogen-bond donors (Lipinski definition) is 2. The van der Waals surface area contributed by atoms with Gasteiger partial charge in [0.2, 0.25) is 10.0 Å². The highest BCUT2D eigenvalue weighted by Crippen LogP contribution is 2.20. The molecular formula is C21H31IN6O3S. The van der Waals surface area contributed by atoms with Crippen LogP contribution >= 0.6 is 24.0 Å². The van der Waals surface area contributed by atoms with Crippen molar-refractivity contribution >= 4 is 45.6 Å². The molecule has 11 heteroatoms. The first kappa shape index (κ1) is 26.1. The van der Waals surface area contributed by atoms with Gasteiger partial charge in [0, 0.05) is 57.3 Å². The molecule has 0 radical (unpaired) electrons. The maximum absolute atomic E-state index is 12.3. The van der Waals surface area contributed by atoms with Crippen LogP contribution in [-0.2, 0) is 10.0 Å². The summed E-state index contributed by atoms with van der Waals surface area (Å²) in [6.45, 7) is 6.76. The van der Waals surface area contributed by atoms with Crippen LogP contribution in [0.5, 0.6) is 5.75 Å². The molecular weight excluding hydrogens is 543 g/mol. The summed E-state index contributed by atoms with van der Waals surface area (Å²) in [6.07, 6.45) is 2.87. The lowest BCUT2D eigenvalue weighted by Crippen LogP contribution is -2.52. The summed E-state index contributed by atoms with van der Waals surface area (Å²) < 4.78 is 32.4. The first-order valence-corrected chi connectivity index (χ1v) is 11.8. The van der Waals surface area contributed by atoms with Gasteiger partial charge in [-0.1, -0.05) is 0 Å². The Labute approximate surface area is 207 Å². The summed E-state index contributed by atoms with van der Waals surface area (Å²) in [5.41, 5.74) is 1.17. The van der Waals surface area contributed by atoms with Crippen molar-refractivity contribution in [3.05, 3.63) is 48.8 Å². The number of piperazine rings is 1. The Morgan fingerprint density at radius 1 is 1.16 bits per heavy atom. The fraction of sp³-hybridized carbons (Fsp3) is 0.429. The quantitative estimate of drug-likeness (QED) is 0.215. The molecule has 0 saturated carbocycles. The molecule has 3 rings (SSSR count). The summed E-state index contributed by atoms with van der Waals surface area (Å²) in [7, 11) is -1.90. The number of aromatic nitrogens is 1. The van der Waals surface area contributed by atoms with Gasteiger partial charge in [-0.05, 0) is 43.3 Å². The van der Waals surface area contributed by atoms with Gasteiger partial charge in [0.15, 0.2) is 5.96 Å². The molecule has 1 aliphatic heterocycles. The molecule has 176 valence electrons. The third-order valence-electron chi connectivity index (χ3n) is 4.96. The fourth-order valence-corrected chi connectivity index (χ4v) is 4.31. The van der Waals surface area contributed by atoms with Crippen LogP contribution in [0.25, 0.3) is 0 Å². The van der Waals surface area contributed by atoms with Crippen molar-refractivity contribution in [3.63, 3.8) is 0 Å². The Kier molecular flexibility index (Phi) is 10.5. The summed E-state index contributed by atoms with van der Waals surface area (Å²) in [5.74, 6) is 1.65. The van der Waals surface area contributed by atoms with E-state index in [4.69, 9.17) is 4.74 Å². The average Bonchev–Trinajstić information content (AvgIpc) is 2.82. The summed E-state index contributed by atoms with van der Waals surface area (Å²) in [5, 5.41) is 3.30. The number of rotatable bonds is 8. The van der Waals surface area contributed by atoms with Gasteiger partial charge >= 0.3 is 0 Å². The lowest BCUT2D eigenvalue weighted by molar-refractivity contribution is 0.372. The Balaban J connectivity index is 0.00000363. The highest BCUT2D eigenvalue weighted by atomic mass is 127. The maximum Gasteiger partial charge on any atom is 0.242 e. The Hall–Kier alpha value is -2.12. The first-order valence-electron chi connectivity index (χ1n) is 10.4. The van der Waals surface area contributed by atoms with Crippen LogP contribution in [0.4, 0.5) is 5.69 Å². The average molecular weight is 574 g/mol. The highest BCUT2D eigenvalue weighted by molar-refractivity contribution is 14.0. The van der Waals surface area contributed by atoms with Crippen molar-refractivity contribution in [2.24, 2.45) is 4.99 Å². The molecule has 1 aromatic heterocycles. The lowest BCUT2D eigenvalue weighted by atomic mass is 10.2. The fourth-order valence-electron chi connectivity index (χ4n) is 3.33. The number of benzene rings is 1. The topological polar surface area (TPSA) is 99.2 Å². The van der Waals surface area contributed by atoms with Crippen LogP contribution < -0.4 is 19.7 Å². The van der Waals surface area contributed by atoms with Gasteiger partial charge in [0.1, 0.15) is 10.6 Å². The van der Waals surface area contributed by atoms with Crippen molar-refractivity contribution in [2.75, 3.05) is 57.8 Å². The molecule has 0 atom stereocenters. The molecule has 0 spiro atoms. The molecule has 1 saturated heterocycles. The van der Waals surface area contributed by atoms with Crippen LogP contribution in [0, 0.1) is 0 Å². The molecule has 1 fully saturated rings. The van der Waals surface area contributed by atoms with Crippen molar-refractivity contribution in [1.29, 1.82) is 0 Å². The summed E-state index contributed by atoms with van der Waals surface area (Å²) >= 11 is 0. The second-order valence-corrected chi connectivity index (χ2v) is 8.76. The molecule has 32 heavy (non-hydrogen) atoms. The molecule has 9 nitrogen and oxygen atoms in total. The van der Waals surface area contributed by atoms with Gasteiger partial charge < -0.3 is 19.9 Å². The van der Waals surface area contributed by atoms with E-state index >= 15 is 0 Å². The van der Waals surface area contributed by atoms with E-state index in [-0.39, 0.29) is 35.4 Å². The van der Waals surface area contributed by atoms with Crippen molar-refractivity contribution < 1.29 is 13.2 Å². The van der Waals surface area contributed by atoms with Gasteiger partial charge in [-0.15, -0.1) is 24.0 Å². The third kappa shape index (κ3) is 7.20. The minimum atomic E-state index is -3.57. The van der Waals surface area contributed by atoms with E-state index < -0.39 is 10.0 Å². The second-order valence-electron chi connectivity index (χ2n) is 6.99. The van der Waals surface area contributed by atoms with E-state index in [1.807, 2.05) is 19.1 Å².